The van der Waals surface area contributed by atoms with Crippen molar-refractivity contribution in [1.29, 1.82) is 0 Å². The second kappa shape index (κ2) is 9.91. The van der Waals surface area contributed by atoms with Crippen LogP contribution in [0, 0.1) is 12.8 Å². The zero-order valence-electron chi connectivity index (χ0n) is 15.1. The number of amides is 2. The number of carbonyl (C=O) groups is 2. The molecular formula is C19H28N2O4. The molecule has 1 aliphatic rings. The van der Waals surface area contributed by atoms with Crippen molar-refractivity contribution in [3.8, 4) is 5.75 Å². The topological polar surface area (TPSA) is 67.9 Å². The van der Waals surface area contributed by atoms with Crippen LogP contribution in [0.3, 0.4) is 0 Å². The highest BCUT2D eigenvalue weighted by Crippen LogP contribution is 2.18. The average molecular weight is 348 g/mol. The lowest BCUT2D eigenvalue weighted by molar-refractivity contribution is -0.149. The minimum atomic E-state index is -0.143. The molecule has 0 unspecified atom stereocenters. The molecule has 0 radical (unpaired) electrons. The van der Waals surface area contributed by atoms with Crippen LogP contribution in [0.5, 0.6) is 5.75 Å². The van der Waals surface area contributed by atoms with Crippen LogP contribution in [0.15, 0.2) is 24.3 Å². The number of rotatable bonds is 7. The van der Waals surface area contributed by atoms with Gasteiger partial charge in [0.05, 0.1) is 19.1 Å². The van der Waals surface area contributed by atoms with Gasteiger partial charge in [0.1, 0.15) is 5.75 Å². The summed E-state index contributed by atoms with van der Waals surface area (Å²) in [6.07, 6.45) is 2.09. The van der Waals surface area contributed by atoms with Crippen molar-refractivity contribution in [2.75, 3.05) is 32.8 Å². The Morgan fingerprint density at radius 1 is 1.20 bits per heavy atom. The molecule has 2 rings (SSSR count). The molecule has 1 fully saturated rings. The molecule has 1 N–H and O–H groups in total. The molecule has 1 saturated heterocycles. The molecule has 0 spiro atoms. The van der Waals surface area contributed by atoms with Crippen LogP contribution in [0.2, 0.25) is 0 Å². The van der Waals surface area contributed by atoms with Crippen LogP contribution in [0.4, 0.5) is 4.79 Å². The van der Waals surface area contributed by atoms with E-state index in [1.54, 1.807) is 4.90 Å². The predicted molar refractivity (Wildman–Crippen MR) is 95.6 cm³/mol. The lowest BCUT2D eigenvalue weighted by Gasteiger charge is -2.30. The van der Waals surface area contributed by atoms with Crippen molar-refractivity contribution >= 4 is 12.0 Å². The quantitative estimate of drug-likeness (QED) is 0.608. The van der Waals surface area contributed by atoms with Crippen molar-refractivity contribution in [1.82, 2.24) is 10.2 Å². The number of ether oxygens (including phenoxy) is 2. The van der Waals surface area contributed by atoms with Gasteiger partial charge in [-0.3, -0.25) is 4.79 Å². The number of hydrogen-bond acceptors (Lipinski definition) is 4. The normalized spacial score (nSPS) is 14.9. The number of hydrogen-bond donors (Lipinski definition) is 1. The maximum Gasteiger partial charge on any atom is 0.317 e. The lowest BCUT2D eigenvalue weighted by Crippen LogP contribution is -2.46. The molecule has 0 atom stereocenters. The van der Waals surface area contributed by atoms with Crippen molar-refractivity contribution in [2.45, 2.75) is 33.1 Å². The highest BCUT2D eigenvalue weighted by molar-refractivity contribution is 5.76. The van der Waals surface area contributed by atoms with E-state index in [1.165, 1.54) is 5.56 Å². The van der Waals surface area contributed by atoms with Gasteiger partial charge in [-0.25, -0.2) is 4.79 Å². The minimum Gasteiger partial charge on any atom is -0.494 e. The summed E-state index contributed by atoms with van der Waals surface area (Å²) >= 11 is 0. The number of carbonyl (C=O) groups excluding carboxylic acids is 2. The van der Waals surface area contributed by atoms with E-state index in [-0.39, 0.29) is 17.9 Å². The number of esters is 1. The summed E-state index contributed by atoms with van der Waals surface area (Å²) < 4.78 is 10.7. The van der Waals surface area contributed by atoms with Gasteiger partial charge in [0, 0.05) is 19.6 Å². The van der Waals surface area contributed by atoms with Gasteiger partial charge in [0.15, 0.2) is 0 Å². The van der Waals surface area contributed by atoms with Crippen LogP contribution in [0.1, 0.15) is 31.7 Å². The molecule has 1 aromatic carbocycles. The van der Waals surface area contributed by atoms with Gasteiger partial charge < -0.3 is 19.7 Å². The first-order chi connectivity index (χ1) is 12.1. The number of benzene rings is 1. The Hall–Kier alpha value is -2.24. The summed E-state index contributed by atoms with van der Waals surface area (Å²) in [6.45, 7) is 6.57. The molecule has 6 nitrogen and oxygen atoms in total. The van der Waals surface area contributed by atoms with E-state index in [4.69, 9.17) is 9.47 Å². The van der Waals surface area contributed by atoms with Crippen LogP contribution in [-0.2, 0) is 9.53 Å². The fourth-order valence-corrected chi connectivity index (χ4v) is 2.78. The van der Waals surface area contributed by atoms with E-state index < -0.39 is 0 Å². The number of aryl methyl sites for hydroxylation is 1. The summed E-state index contributed by atoms with van der Waals surface area (Å²) in [4.78, 5) is 25.6. The summed E-state index contributed by atoms with van der Waals surface area (Å²) in [5.74, 6) is 0.626. The fraction of sp³-hybridized carbons (Fsp3) is 0.579. The molecule has 0 bridgehead atoms. The standard InChI is InChI=1S/C19H28N2O4/c1-3-24-18(22)16-9-12-21(13-10-16)19(23)20-11-4-14-25-17-7-5-15(2)6-8-17/h5-8,16H,3-4,9-14H2,1-2H3,(H,20,23). The first-order valence-electron chi connectivity index (χ1n) is 8.99. The smallest absolute Gasteiger partial charge is 0.317 e. The van der Waals surface area contributed by atoms with Gasteiger partial charge in [0.2, 0.25) is 0 Å². The maximum absolute atomic E-state index is 12.1. The maximum atomic E-state index is 12.1. The third-order valence-electron chi connectivity index (χ3n) is 4.29. The first-order valence-corrected chi connectivity index (χ1v) is 8.99. The predicted octanol–water partition coefficient (Wildman–Crippen LogP) is 2.75. The van der Waals surface area contributed by atoms with Crippen molar-refractivity contribution in [3.63, 3.8) is 0 Å². The zero-order valence-corrected chi connectivity index (χ0v) is 15.1. The van der Waals surface area contributed by atoms with Gasteiger partial charge in [-0.15, -0.1) is 0 Å². The number of urea groups is 1. The summed E-state index contributed by atoms with van der Waals surface area (Å²) in [6, 6.07) is 7.84. The van der Waals surface area contributed by atoms with Crippen molar-refractivity contribution in [2.24, 2.45) is 5.92 Å². The van der Waals surface area contributed by atoms with Crippen molar-refractivity contribution in [3.05, 3.63) is 29.8 Å². The highest BCUT2D eigenvalue weighted by Gasteiger charge is 2.27. The molecule has 25 heavy (non-hydrogen) atoms. The molecular weight excluding hydrogens is 320 g/mol. The number of nitrogens with zero attached hydrogens (tertiary/aromatic N) is 1. The molecule has 1 aliphatic heterocycles. The molecule has 1 heterocycles. The van der Waals surface area contributed by atoms with E-state index in [9.17, 15) is 9.59 Å². The van der Waals surface area contributed by atoms with Gasteiger partial charge in [0.25, 0.3) is 0 Å². The molecule has 138 valence electrons. The average Bonchev–Trinajstić information content (AvgIpc) is 2.63. The van der Waals surface area contributed by atoms with E-state index in [0.29, 0.717) is 45.7 Å². The SMILES string of the molecule is CCOC(=O)C1CCN(C(=O)NCCCOc2ccc(C)cc2)CC1. The number of piperidine rings is 1. The third-order valence-corrected chi connectivity index (χ3v) is 4.29. The second-order valence-corrected chi connectivity index (χ2v) is 6.26. The molecule has 2 amide bonds. The van der Waals surface area contributed by atoms with Gasteiger partial charge >= 0.3 is 12.0 Å². The Morgan fingerprint density at radius 2 is 1.88 bits per heavy atom. The van der Waals surface area contributed by atoms with Gasteiger partial charge in [-0.2, -0.15) is 0 Å². The van der Waals surface area contributed by atoms with Crippen LogP contribution < -0.4 is 10.1 Å². The Morgan fingerprint density at radius 3 is 2.52 bits per heavy atom. The number of likely N-dealkylation sites (tertiary alicyclic amines) is 1. The zero-order chi connectivity index (χ0) is 18.1. The Balaban J connectivity index is 1.58. The minimum absolute atomic E-state index is 0.0716. The van der Waals surface area contributed by atoms with E-state index >= 15 is 0 Å². The Bertz CT molecular complexity index is 551. The molecule has 0 aliphatic carbocycles. The molecule has 1 aromatic rings. The third kappa shape index (κ3) is 6.29. The van der Waals surface area contributed by atoms with Gasteiger partial charge in [-0.05, 0) is 45.2 Å². The van der Waals surface area contributed by atoms with Crippen LogP contribution in [-0.4, -0.2) is 49.7 Å². The van der Waals surface area contributed by atoms with Crippen LogP contribution in [0.25, 0.3) is 0 Å². The Kier molecular flexibility index (Phi) is 7.57. The first kappa shape index (κ1) is 19.1. The van der Waals surface area contributed by atoms with E-state index in [0.717, 1.165) is 12.2 Å². The fourth-order valence-electron chi connectivity index (χ4n) is 2.78. The van der Waals surface area contributed by atoms with Crippen LogP contribution >= 0.6 is 0 Å². The van der Waals surface area contributed by atoms with Crippen molar-refractivity contribution < 1.29 is 19.1 Å². The van der Waals surface area contributed by atoms with E-state index in [2.05, 4.69) is 5.32 Å². The molecule has 6 heteroatoms. The van der Waals surface area contributed by atoms with Gasteiger partial charge in [-0.1, -0.05) is 17.7 Å². The summed E-state index contributed by atoms with van der Waals surface area (Å²) in [5.41, 5.74) is 1.20. The lowest BCUT2D eigenvalue weighted by atomic mass is 9.97. The summed E-state index contributed by atoms with van der Waals surface area (Å²) in [5, 5.41) is 2.91. The largest absolute Gasteiger partial charge is 0.494 e. The van der Waals surface area contributed by atoms with E-state index in [1.807, 2.05) is 38.1 Å². The monoisotopic (exact) mass is 348 g/mol. The number of nitrogens with one attached hydrogen (secondary N) is 1. The second-order valence-electron chi connectivity index (χ2n) is 6.26. The summed E-state index contributed by atoms with van der Waals surface area (Å²) in [7, 11) is 0. The Labute approximate surface area is 149 Å². The molecule has 0 saturated carbocycles. The highest BCUT2D eigenvalue weighted by atomic mass is 16.5. The molecule has 0 aromatic heterocycles.